The minimum Gasteiger partial charge on any atom is -0.224 e. The van der Waals surface area contributed by atoms with E-state index in [9.17, 15) is 0 Å². The maximum atomic E-state index is 4.64. The fraction of sp³-hybridized carbons (Fsp3) is 0.833. The molecule has 0 amide bonds. The number of nitrogens with zero attached hydrogens (tertiary/aromatic N) is 2. The van der Waals surface area contributed by atoms with Crippen LogP contribution in [0.3, 0.4) is 0 Å². The van der Waals surface area contributed by atoms with Gasteiger partial charge < -0.3 is 0 Å². The van der Waals surface area contributed by atoms with Gasteiger partial charge in [-0.1, -0.05) is 41.5 Å². The molecule has 0 bridgehead atoms. The molecule has 0 aliphatic heterocycles. The zero-order chi connectivity index (χ0) is 11.6. The van der Waals surface area contributed by atoms with Crippen LogP contribution in [0.1, 0.15) is 64.7 Å². The van der Waals surface area contributed by atoms with E-state index < -0.39 is 0 Å². The molecule has 1 rings (SSSR count). The van der Waals surface area contributed by atoms with E-state index in [0.717, 1.165) is 10.8 Å². The standard InChI is InChI=1S/C12H22N2S/c1-8(2)7-9(3)10-13-11(15-14-10)12(4,5)6/h8-9H,7H2,1-6H3. The first kappa shape index (κ1) is 12.6. The summed E-state index contributed by atoms with van der Waals surface area (Å²) in [4.78, 5) is 4.64. The van der Waals surface area contributed by atoms with E-state index in [0.29, 0.717) is 11.8 Å². The zero-order valence-corrected chi connectivity index (χ0v) is 11.5. The van der Waals surface area contributed by atoms with E-state index in [1.807, 2.05) is 0 Å². The van der Waals surface area contributed by atoms with Gasteiger partial charge in [0.05, 0.1) is 0 Å². The molecule has 1 aromatic heterocycles. The van der Waals surface area contributed by atoms with E-state index in [-0.39, 0.29) is 5.41 Å². The minimum atomic E-state index is 0.132. The number of hydrogen-bond acceptors (Lipinski definition) is 3. The molecule has 1 aromatic rings. The van der Waals surface area contributed by atoms with Crippen molar-refractivity contribution in [3.8, 4) is 0 Å². The molecule has 0 radical (unpaired) electrons. The summed E-state index contributed by atoms with van der Waals surface area (Å²) in [6.07, 6.45) is 1.17. The summed E-state index contributed by atoms with van der Waals surface area (Å²) in [5.41, 5.74) is 0.132. The lowest BCUT2D eigenvalue weighted by Crippen LogP contribution is -2.11. The van der Waals surface area contributed by atoms with Gasteiger partial charge in [0.25, 0.3) is 0 Å². The Morgan fingerprint density at radius 3 is 2.20 bits per heavy atom. The lowest BCUT2D eigenvalue weighted by molar-refractivity contribution is 0.506. The van der Waals surface area contributed by atoms with E-state index in [2.05, 4.69) is 50.9 Å². The van der Waals surface area contributed by atoms with Gasteiger partial charge in [0, 0.05) is 11.3 Å². The molecule has 1 atom stereocenters. The third-order valence-corrected chi connectivity index (χ3v) is 3.50. The summed E-state index contributed by atoms with van der Waals surface area (Å²) in [7, 11) is 0. The van der Waals surface area contributed by atoms with Crippen molar-refractivity contribution in [3.63, 3.8) is 0 Å². The van der Waals surface area contributed by atoms with Crippen molar-refractivity contribution in [2.45, 2.75) is 59.3 Å². The Labute approximate surface area is 97.3 Å². The first-order chi connectivity index (χ1) is 6.80. The Morgan fingerprint density at radius 1 is 1.20 bits per heavy atom. The van der Waals surface area contributed by atoms with E-state index >= 15 is 0 Å². The average molecular weight is 226 g/mol. The second-order valence-corrected chi connectivity index (χ2v) is 6.49. The molecular weight excluding hydrogens is 204 g/mol. The molecule has 1 heterocycles. The predicted molar refractivity (Wildman–Crippen MR) is 66.5 cm³/mol. The largest absolute Gasteiger partial charge is 0.224 e. The molecule has 15 heavy (non-hydrogen) atoms. The van der Waals surface area contributed by atoms with Crippen LogP contribution in [0.2, 0.25) is 0 Å². The van der Waals surface area contributed by atoms with Gasteiger partial charge in [-0.05, 0) is 23.9 Å². The molecule has 0 N–H and O–H groups in total. The summed E-state index contributed by atoms with van der Waals surface area (Å²) in [5, 5.41) is 1.15. The molecule has 0 saturated carbocycles. The smallest absolute Gasteiger partial charge is 0.145 e. The van der Waals surface area contributed by atoms with Gasteiger partial charge in [-0.3, -0.25) is 0 Å². The van der Waals surface area contributed by atoms with Gasteiger partial charge in [0.15, 0.2) is 0 Å². The third kappa shape index (κ3) is 3.56. The van der Waals surface area contributed by atoms with E-state index in [4.69, 9.17) is 0 Å². The fourth-order valence-corrected chi connectivity index (χ4v) is 2.36. The first-order valence-electron chi connectivity index (χ1n) is 5.64. The van der Waals surface area contributed by atoms with Crippen molar-refractivity contribution in [1.82, 2.24) is 9.36 Å². The highest BCUT2D eigenvalue weighted by molar-refractivity contribution is 7.05. The van der Waals surface area contributed by atoms with Crippen molar-refractivity contribution in [3.05, 3.63) is 10.8 Å². The molecule has 86 valence electrons. The van der Waals surface area contributed by atoms with Crippen LogP contribution >= 0.6 is 11.5 Å². The average Bonchev–Trinajstić information content (AvgIpc) is 2.48. The zero-order valence-electron chi connectivity index (χ0n) is 10.7. The summed E-state index contributed by atoms with van der Waals surface area (Å²) < 4.78 is 4.47. The maximum absolute atomic E-state index is 4.64. The second-order valence-electron chi connectivity index (χ2n) is 5.74. The molecule has 0 spiro atoms. The monoisotopic (exact) mass is 226 g/mol. The van der Waals surface area contributed by atoms with E-state index in [1.54, 1.807) is 11.5 Å². The number of rotatable bonds is 3. The molecule has 2 nitrogen and oxygen atoms in total. The van der Waals surface area contributed by atoms with Gasteiger partial charge in [-0.25, -0.2) is 4.98 Å². The Balaban J connectivity index is 2.76. The molecule has 1 unspecified atom stereocenters. The second kappa shape index (κ2) is 4.60. The lowest BCUT2D eigenvalue weighted by atomic mass is 9.97. The van der Waals surface area contributed by atoms with E-state index in [1.165, 1.54) is 6.42 Å². The normalized spacial score (nSPS) is 14.6. The summed E-state index contributed by atoms with van der Waals surface area (Å²) >= 11 is 1.55. The van der Waals surface area contributed by atoms with Crippen molar-refractivity contribution >= 4 is 11.5 Å². The molecule has 0 fully saturated rings. The highest BCUT2D eigenvalue weighted by Gasteiger charge is 2.21. The van der Waals surface area contributed by atoms with Gasteiger partial charge in [-0.15, -0.1) is 0 Å². The minimum absolute atomic E-state index is 0.132. The molecule has 0 aliphatic rings. The number of hydrogen-bond donors (Lipinski definition) is 0. The molecule has 0 saturated heterocycles. The fourth-order valence-electron chi connectivity index (χ4n) is 1.55. The summed E-state index contributed by atoms with van der Waals surface area (Å²) in [6, 6.07) is 0. The third-order valence-electron chi connectivity index (χ3n) is 2.35. The Hall–Kier alpha value is -0.440. The van der Waals surface area contributed by atoms with Crippen LogP contribution in [0.25, 0.3) is 0 Å². The summed E-state index contributed by atoms with van der Waals surface area (Å²) in [5.74, 6) is 2.22. The van der Waals surface area contributed by atoms with Crippen LogP contribution in [0.15, 0.2) is 0 Å². The van der Waals surface area contributed by atoms with Crippen molar-refractivity contribution in [1.29, 1.82) is 0 Å². The molecule has 0 aliphatic carbocycles. The number of aromatic nitrogens is 2. The summed E-state index contributed by atoms with van der Waals surface area (Å²) in [6.45, 7) is 13.3. The van der Waals surface area contributed by atoms with Crippen LogP contribution in [0.4, 0.5) is 0 Å². The molecule has 3 heteroatoms. The van der Waals surface area contributed by atoms with Gasteiger partial charge in [0.2, 0.25) is 0 Å². The van der Waals surface area contributed by atoms with Crippen LogP contribution in [0.5, 0.6) is 0 Å². The van der Waals surface area contributed by atoms with Crippen LogP contribution in [-0.2, 0) is 5.41 Å². The highest BCUT2D eigenvalue weighted by atomic mass is 32.1. The maximum Gasteiger partial charge on any atom is 0.145 e. The Bertz CT molecular complexity index is 310. The topological polar surface area (TPSA) is 25.8 Å². The molecule has 0 aromatic carbocycles. The Morgan fingerprint density at radius 2 is 1.80 bits per heavy atom. The van der Waals surface area contributed by atoms with Gasteiger partial charge in [-0.2, -0.15) is 4.37 Å². The quantitative estimate of drug-likeness (QED) is 0.779. The van der Waals surface area contributed by atoms with Crippen molar-refractivity contribution in [2.24, 2.45) is 5.92 Å². The highest BCUT2D eigenvalue weighted by Crippen LogP contribution is 2.27. The van der Waals surface area contributed by atoms with Crippen LogP contribution < -0.4 is 0 Å². The van der Waals surface area contributed by atoms with Crippen molar-refractivity contribution in [2.75, 3.05) is 0 Å². The van der Waals surface area contributed by atoms with Gasteiger partial charge in [0.1, 0.15) is 10.8 Å². The predicted octanol–water partition coefficient (Wildman–Crippen LogP) is 3.99. The van der Waals surface area contributed by atoms with Crippen molar-refractivity contribution < 1.29 is 0 Å². The van der Waals surface area contributed by atoms with Crippen LogP contribution in [0, 0.1) is 5.92 Å². The van der Waals surface area contributed by atoms with Gasteiger partial charge >= 0.3 is 0 Å². The SMILES string of the molecule is CC(C)CC(C)c1nsc(C(C)(C)C)n1. The van der Waals surface area contributed by atoms with Crippen LogP contribution in [-0.4, -0.2) is 9.36 Å². The first-order valence-corrected chi connectivity index (χ1v) is 6.42. The Kier molecular flexibility index (Phi) is 3.87. The lowest BCUT2D eigenvalue weighted by Gasteiger charge is -2.13. The molecular formula is C12H22N2S.